The quantitative estimate of drug-likeness (QED) is 0.559. The van der Waals surface area contributed by atoms with Gasteiger partial charge in [-0.05, 0) is 49.1 Å². The van der Waals surface area contributed by atoms with Gasteiger partial charge >= 0.3 is 0 Å². The van der Waals surface area contributed by atoms with Crippen LogP contribution in [-0.2, 0) is 6.42 Å². The van der Waals surface area contributed by atoms with Gasteiger partial charge in [0.2, 0.25) is 6.79 Å². The molecule has 6 nitrogen and oxygen atoms in total. The number of aromatic nitrogens is 1. The van der Waals surface area contributed by atoms with Gasteiger partial charge in [-0.2, -0.15) is 0 Å². The number of aryl methyl sites for hydroxylation is 1. The van der Waals surface area contributed by atoms with Crippen LogP contribution in [0.15, 0.2) is 58.2 Å². The first-order chi connectivity index (χ1) is 16.4. The number of carbonyl (C=O) groups excluding carboxylic acids is 1. The van der Waals surface area contributed by atoms with Crippen molar-refractivity contribution in [2.45, 2.75) is 43.8 Å². The number of amides is 1. The minimum Gasteiger partial charge on any atom is -0.454 e. The topological polar surface area (TPSA) is 69.6 Å². The molecule has 176 valence electrons. The van der Waals surface area contributed by atoms with E-state index in [0.29, 0.717) is 18.9 Å². The molecule has 3 heterocycles. The molecule has 2 aliphatic rings. The van der Waals surface area contributed by atoms with Crippen LogP contribution in [0.4, 0.5) is 0 Å². The highest BCUT2D eigenvalue weighted by molar-refractivity contribution is 7.99. The maximum Gasteiger partial charge on any atom is 0.257 e. The number of hydrogen-bond donors (Lipinski definition) is 1. The van der Waals surface area contributed by atoms with Crippen LogP contribution in [0, 0.1) is 12.8 Å². The second-order valence-electron chi connectivity index (χ2n) is 9.14. The number of hydrogen-bond acceptors (Lipinski definition) is 5. The summed E-state index contributed by atoms with van der Waals surface area (Å²) in [6.45, 7) is 6.91. The molecule has 2 aliphatic heterocycles. The fourth-order valence-electron chi connectivity index (χ4n) is 4.54. The molecule has 0 bridgehead atoms. The van der Waals surface area contributed by atoms with Gasteiger partial charge in [-0.15, -0.1) is 11.8 Å². The van der Waals surface area contributed by atoms with E-state index in [1.54, 1.807) is 17.8 Å². The second kappa shape index (κ2) is 9.22. The van der Waals surface area contributed by atoms with Crippen molar-refractivity contribution in [1.29, 1.82) is 0 Å². The fourth-order valence-corrected chi connectivity index (χ4v) is 5.81. The summed E-state index contributed by atoms with van der Waals surface area (Å²) in [5.74, 6) is 1.63. The van der Waals surface area contributed by atoms with Crippen molar-refractivity contribution in [2.24, 2.45) is 5.92 Å². The highest BCUT2D eigenvalue weighted by Gasteiger charge is 2.30. The number of rotatable bonds is 5. The number of carbonyl (C=O) groups is 1. The number of nitrogens with zero attached hydrogens (tertiary/aromatic N) is 1. The molecular weight excluding hydrogens is 448 g/mol. The summed E-state index contributed by atoms with van der Waals surface area (Å²) < 4.78 is 13.2. The van der Waals surface area contributed by atoms with Gasteiger partial charge in [-0.1, -0.05) is 32.0 Å². The van der Waals surface area contributed by atoms with Crippen LogP contribution in [0.25, 0.3) is 5.69 Å². The summed E-state index contributed by atoms with van der Waals surface area (Å²) in [5.41, 5.74) is 3.61. The van der Waals surface area contributed by atoms with Crippen LogP contribution in [0.1, 0.15) is 52.8 Å². The van der Waals surface area contributed by atoms with Crippen molar-refractivity contribution >= 4 is 17.7 Å². The summed E-state index contributed by atoms with van der Waals surface area (Å²) >= 11 is 1.74. The van der Waals surface area contributed by atoms with Gasteiger partial charge in [0.25, 0.3) is 5.91 Å². The average Bonchev–Trinajstić information content (AvgIpc) is 3.19. The molecule has 0 unspecified atom stereocenters. The van der Waals surface area contributed by atoms with E-state index in [-0.39, 0.29) is 28.9 Å². The summed E-state index contributed by atoms with van der Waals surface area (Å²) in [6.07, 6.45) is 1.39. The Morgan fingerprint density at radius 3 is 2.76 bits per heavy atom. The van der Waals surface area contributed by atoms with Crippen LogP contribution in [-0.4, -0.2) is 23.8 Å². The first-order valence-corrected chi connectivity index (χ1v) is 12.5. The molecule has 1 aromatic heterocycles. The highest BCUT2D eigenvalue weighted by atomic mass is 32.2. The van der Waals surface area contributed by atoms with Gasteiger partial charge in [0.05, 0.1) is 5.69 Å². The molecule has 0 radical (unpaired) electrons. The van der Waals surface area contributed by atoms with Crippen LogP contribution in [0.2, 0.25) is 0 Å². The maximum atomic E-state index is 13.3. The molecule has 0 saturated heterocycles. The maximum absolute atomic E-state index is 13.3. The molecule has 0 spiro atoms. The third-order valence-corrected chi connectivity index (χ3v) is 7.58. The summed E-state index contributed by atoms with van der Waals surface area (Å²) in [4.78, 5) is 27.5. The Morgan fingerprint density at radius 1 is 1.15 bits per heavy atom. The molecule has 0 aliphatic carbocycles. The predicted octanol–water partition coefficient (Wildman–Crippen LogP) is 5.04. The molecule has 0 fully saturated rings. The van der Waals surface area contributed by atoms with Crippen LogP contribution >= 0.6 is 11.8 Å². The van der Waals surface area contributed by atoms with E-state index < -0.39 is 0 Å². The van der Waals surface area contributed by atoms with Crippen LogP contribution in [0.3, 0.4) is 0 Å². The average molecular weight is 477 g/mol. The van der Waals surface area contributed by atoms with Gasteiger partial charge in [-0.25, -0.2) is 0 Å². The Hall–Kier alpha value is -3.19. The lowest BCUT2D eigenvalue weighted by Gasteiger charge is -2.20. The van der Waals surface area contributed by atoms with E-state index in [4.69, 9.17) is 9.47 Å². The molecule has 0 saturated carbocycles. The minimum absolute atomic E-state index is 0.00665. The summed E-state index contributed by atoms with van der Waals surface area (Å²) in [5, 5.41) is 2.97. The number of pyridine rings is 1. The number of benzene rings is 2. The Balaban J connectivity index is 1.63. The molecule has 34 heavy (non-hydrogen) atoms. The van der Waals surface area contributed by atoms with E-state index in [1.165, 1.54) is 0 Å². The van der Waals surface area contributed by atoms with Crippen molar-refractivity contribution < 1.29 is 14.3 Å². The molecule has 5 rings (SSSR count). The van der Waals surface area contributed by atoms with Crippen molar-refractivity contribution in [1.82, 2.24) is 9.88 Å². The van der Waals surface area contributed by atoms with Gasteiger partial charge < -0.3 is 19.4 Å². The van der Waals surface area contributed by atoms with Crippen molar-refractivity contribution in [2.75, 3.05) is 13.3 Å². The predicted molar refractivity (Wildman–Crippen MR) is 133 cm³/mol. The standard InChI is InChI=1S/C27H28N2O4S/c1-16(2)10-11-28-27(31)26-20-14-25(18-8-9-22-23(13-18)33-15-32-22)34-24-7-5-4-6-19(24)29(20)17(3)12-21(26)30/h4-9,12-13,16,25H,10-11,14-15H2,1-3H3,(H,28,31)/t25-/m0/s1. The minimum atomic E-state index is -0.303. The molecule has 1 N–H and O–H groups in total. The number of nitrogens with one attached hydrogen (secondary N) is 1. The van der Waals surface area contributed by atoms with E-state index in [0.717, 1.165) is 45.5 Å². The lowest BCUT2D eigenvalue weighted by molar-refractivity contribution is 0.0949. The number of fused-ring (bicyclic) bond motifs is 4. The first-order valence-electron chi connectivity index (χ1n) is 11.6. The molecule has 1 amide bonds. The number of thioether (sulfide) groups is 1. The monoisotopic (exact) mass is 476 g/mol. The zero-order valence-electron chi connectivity index (χ0n) is 19.6. The van der Waals surface area contributed by atoms with E-state index in [1.807, 2.05) is 43.3 Å². The van der Waals surface area contributed by atoms with Crippen molar-refractivity contribution in [3.05, 3.63) is 81.3 Å². The van der Waals surface area contributed by atoms with Gasteiger partial charge in [0.15, 0.2) is 16.9 Å². The van der Waals surface area contributed by atoms with Gasteiger partial charge in [0.1, 0.15) is 5.56 Å². The third-order valence-electron chi connectivity index (χ3n) is 6.25. The van der Waals surface area contributed by atoms with Crippen LogP contribution in [0.5, 0.6) is 11.5 Å². The number of ether oxygens (including phenoxy) is 2. The SMILES string of the molecule is Cc1cc(=O)c(C(=O)NCCC(C)C)c2n1-c1ccccc1S[C@H](c1ccc3c(c1)OCO3)C2. The normalized spacial score (nSPS) is 16.1. The van der Waals surface area contributed by atoms with Gasteiger partial charge in [-0.3, -0.25) is 9.59 Å². The zero-order chi connectivity index (χ0) is 23.8. The summed E-state index contributed by atoms with van der Waals surface area (Å²) in [6, 6.07) is 15.7. The fraction of sp³-hybridized carbons (Fsp3) is 0.333. The van der Waals surface area contributed by atoms with E-state index >= 15 is 0 Å². The molecular formula is C27H28N2O4S. The van der Waals surface area contributed by atoms with Crippen molar-refractivity contribution in [3.8, 4) is 17.2 Å². The van der Waals surface area contributed by atoms with E-state index in [9.17, 15) is 9.59 Å². The molecule has 2 aromatic carbocycles. The lowest BCUT2D eigenvalue weighted by Crippen LogP contribution is -2.33. The molecule has 3 aromatic rings. The Kier molecular flexibility index (Phi) is 6.13. The lowest BCUT2D eigenvalue weighted by atomic mass is 10.0. The first kappa shape index (κ1) is 22.6. The Bertz CT molecular complexity index is 1310. The zero-order valence-corrected chi connectivity index (χ0v) is 20.4. The number of para-hydroxylation sites is 1. The Labute approximate surface area is 203 Å². The third kappa shape index (κ3) is 4.20. The molecule has 1 atom stereocenters. The van der Waals surface area contributed by atoms with Gasteiger partial charge in [0, 0.05) is 40.6 Å². The smallest absolute Gasteiger partial charge is 0.257 e. The summed E-state index contributed by atoms with van der Waals surface area (Å²) in [7, 11) is 0. The van der Waals surface area contributed by atoms with E-state index in [2.05, 4.69) is 29.8 Å². The second-order valence-corrected chi connectivity index (χ2v) is 10.4. The van der Waals surface area contributed by atoms with Crippen LogP contribution < -0.4 is 20.2 Å². The highest BCUT2D eigenvalue weighted by Crippen LogP contribution is 2.46. The molecule has 7 heteroatoms. The largest absolute Gasteiger partial charge is 0.454 e. The Morgan fingerprint density at radius 2 is 1.94 bits per heavy atom. The van der Waals surface area contributed by atoms with Crippen molar-refractivity contribution in [3.63, 3.8) is 0 Å².